The summed E-state index contributed by atoms with van der Waals surface area (Å²) in [4.78, 5) is 30.6. The van der Waals surface area contributed by atoms with E-state index in [4.69, 9.17) is 14.2 Å². The summed E-state index contributed by atoms with van der Waals surface area (Å²) in [6.07, 6.45) is 1.56. The molecule has 10 nitrogen and oxygen atoms in total. The van der Waals surface area contributed by atoms with Crippen LogP contribution in [0.25, 0.3) is 0 Å². The fraction of sp³-hybridized carbons (Fsp3) is 0.406. The van der Waals surface area contributed by atoms with Crippen molar-refractivity contribution in [3.8, 4) is 0 Å². The number of nitrogens with one attached hydrogen (secondary N) is 2. The number of amides is 2. The highest BCUT2D eigenvalue weighted by atomic mass is 16.7. The second-order valence-corrected chi connectivity index (χ2v) is 10.4. The van der Waals surface area contributed by atoms with Crippen molar-refractivity contribution in [2.75, 3.05) is 38.6 Å². The number of hydrogen-bond acceptors (Lipinski definition) is 8. The quantitative estimate of drug-likeness (QED) is 0.274. The molecule has 224 valence electrons. The van der Waals surface area contributed by atoms with Gasteiger partial charge in [-0.15, -0.1) is 0 Å². The van der Waals surface area contributed by atoms with Gasteiger partial charge in [-0.25, -0.2) is 4.79 Å². The van der Waals surface area contributed by atoms with E-state index < -0.39 is 18.3 Å². The standard InChI is InChI=1S/C32H40N4O6/c1-4-40-29(38)19-34-32(39)35-27-10-7-8-25(18-27)31-41-28(20-36(3)17-15-26-9-5-6-16-33-26)22(2)30(42-31)24-13-11-23(21-37)12-14-24/h5-14,16,18,22,28,30-31,37H,4,15,17,19-21H2,1-3H3,(H2,34,35,39). The molecule has 10 heteroatoms. The fourth-order valence-electron chi connectivity index (χ4n) is 4.88. The van der Waals surface area contributed by atoms with Crippen molar-refractivity contribution in [3.63, 3.8) is 0 Å². The first-order chi connectivity index (χ1) is 20.4. The van der Waals surface area contributed by atoms with Crippen LogP contribution in [0, 0.1) is 5.92 Å². The number of pyridine rings is 1. The lowest BCUT2D eigenvalue weighted by molar-refractivity contribution is -0.275. The molecular formula is C32H40N4O6. The van der Waals surface area contributed by atoms with E-state index in [1.165, 1.54) is 0 Å². The normalized spacial score (nSPS) is 20.2. The number of anilines is 1. The molecule has 3 aromatic rings. The lowest BCUT2D eigenvalue weighted by Crippen LogP contribution is -2.44. The molecule has 0 spiro atoms. The van der Waals surface area contributed by atoms with E-state index in [0.29, 0.717) is 12.2 Å². The second kappa shape index (κ2) is 15.4. The van der Waals surface area contributed by atoms with E-state index >= 15 is 0 Å². The molecule has 0 aliphatic carbocycles. The number of nitrogens with zero attached hydrogens (tertiary/aromatic N) is 2. The minimum absolute atomic E-state index is 0.0239. The van der Waals surface area contributed by atoms with E-state index in [-0.39, 0.29) is 37.9 Å². The van der Waals surface area contributed by atoms with E-state index in [2.05, 4.69) is 34.5 Å². The number of benzene rings is 2. The molecule has 3 N–H and O–H groups in total. The lowest BCUT2D eigenvalue weighted by Gasteiger charge is -2.42. The van der Waals surface area contributed by atoms with Crippen LogP contribution in [0.5, 0.6) is 0 Å². The van der Waals surface area contributed by atoms with Crippen LogP contribution in [0.4, 0.5) is 10.5 Å². The van der Waals surface area contributed by atoms with Crippen molar-refractivity contribution < 1.29 is 28.9 Å². The number of esters is 1. The Hall–Kier alpha value is -3.83. The first kappa shape index (κ1) is 31.1. The molecule has 2 heterocycles. The average molecular weight is 577 g/mol. The van der Waals surface area contributed by atoms with Crippen LogP contribution in [0.1, 0.15) is 48.6 Å². The van der Waals surface area contributed by atoms with Crippen LogP contribution >= 0.6 is 0 Å². The maximum Gasteiger partial charge on any atom is 0.325 e. The first-order valence-corrected chi connectivity index (χ1v) is 14.3. The van der Waals surface area contributed by atoms with Gasteiger partial charge in [-0.3, -0.25) is 9.78 Å². The van der Waals surface area contributed by atoms with E-state index in [1.807, 2.05) is 60.8 Å². The Labute approximate surface area is 247 Å². The number of urea groups is 1. The first-order valence-electron chi connectivity index (χ1n) is 14.3. The van der Waals surface area contributed by atoms with Crippen LogP contribution in [-0.4, -0.2) is 66.4 Å². The summed E-state index contributed by atoms with van der Waals surface area (Å²) < 4.78 is 18.0. The molecule has 0 saturated carbocycles. The number of aliphatic hydroxyl groups is 1. The van der Waals surface area contributed by atoms with E-state index in [9.17, 15) is 14.7 Å². The summed E-state index contributed by atoms with van der Waals surface area (Å²) in [7, 11) is 2.08. The zero-order valence-corrected chi connectivity index (χ0v) is 24.4. The molecule has 0 bridgehead atoms. The van der Waals surface area contributed by atoms with Gasteiger partial charge >= 0.3 is 12.0 Å². The molecule has 1 aliphatic heterocycles. The van der Waals surface area contributed by atoms with Gasteiger partial charge in [0.25, 0.3) is 0 Å². The van der Waals surface area contributed by atoms with Gasteiger partial charge in [0.2, 0.25) is 0 Å². The Bertz CT molecular complexity index is 1290. The zero-order chi connectivity index (χ0) is 29.9. The van der Waals surface area contributed by atoms with Crippen LogP contribution in [0.15, 0.2) is 72.9 Å². The summed E-state index contributed by atoms with van der Waals surface area (Å²) >= 11 is 0. The molecule has 1 aromatic heterocycles. The number of carbonyl (C=O) groups excluding carboxylic acids is 2. The minimum atomic E-state index is -0.678. The molecule has 1 saturated heterocycles. The third-order valence-corrected chi connectivity index (χ3v) is 7.21. The highest BCUT2D eigenvalue weighted by Gasteiger charge is 2.38. The number of ether oxygens (including phenoxy) is 3. The van der Waals surface area contributed by atoms with E-state index in [0.717, 1.165) is 35.3 Å². The fourth-order valence-corrected chi connectivity index (χ4v) is 4.88. The van der Waals surface area contributed by atoms with E-state index in [1.54, 1.807) is 19.1 Å². The van der Waals surface area contributed by atoms with Gasteiger partial charge in [-0.1, -0.05) is 49.4 Å². The Balaban J connectivity index is 1.49. The van der Waals surface area contributed by atoms with Gasteiger partial charge in [-0.2, -0.15) is 0 Å². The van der Waals surface area contributed by atoms with Crippen molar-refractivity contribution in [3.05, 3.63) is 95.3 Å². The average Bonchev–Trinajstić information content (AvgIpc) is 3.01. The Kier molecular flexibility index (Phi) is 11.4. The van der Waals surface area contributed by atoms with Crippen LogP contribution in [-0.2, 0) is 32.0 Å². The highest BCUT2D eigenvalue weighted by Crippen LogP contribution is 2.42. The maximum atomic E-state index is 12.4. The molecule has 1 fully saturated rings. The van der Waals surface area contributed by atoms with Crippen molar-refractivity contribution in [1.29, 1.82) is 0 Å². The van der Waals surface area contributed by atoms with Crippen molar-refractivity contribution >= 4 is 17.7 Å². The summed E-state index contributed by atoms with van der Waals surface area (Å²) in [6, 6.07) is 20.5. The van der Waals surface area contributed by atoms with Gasteiger partial charge in [0, 0.05) is 48.6 Å². The molecule has 2 amide bonds. The largest absolute Gasteiger partial charge is 0.465 e. The van der Waals surface area contributed by atoms with Crippen molar-refractivity contribution in [1.82, 2.24) is 15.2 Å². The maximum absolute atomic E-state index is 12.4. The molecular weight excluding hydrogens is 536 g/mol. The molecule has 4 atom stereocenters. The van der Waals surface area contributed by atoms with Gasteiger partial charge < -0.3 is 34.9 Å². The number of rotatable bonds is 12. The van der Waals surface area contributed by atoms with Gasteiger partial charge in [0.1, 0.15) is 6.54 Å². The predicted molar refractivity (Wildman–Crippen MR) is 159 cm³/mol. The summed E-state index contributed by atoms with van der Waals surface area (Å²) in [5.41, 5.74) is 4.17. The molecule has 0 radical (unpaired) electrons. The smallest absolute Gasteiger partial charge is 0.325 e. The number of carbonyl (C=O) groups is 2. The second-order valence-electron chi connectivity index (χ2n) is 10.4. The van der Waals surface area contributed by atoms with Crippen LogP contribution in [0.2, 0.25) is 0 Å². The summed E-state index contributed by atoms with van der Waals surface area (Å²) in [5, 5.41) is 14.8. The zero-order valence-electron chi connectivity index (χ0n) is 24.4. The topological polar surface area (TPSA) is 122 Å². The Morgan fingerprint density at radius 1 is 1.05 bits per heavy atom. The summed E-state index contributed by atoms with van der Waals surface area (Å²) in [5.74, 6) is -0.470. The summed E-state index contributed by atoms with van der Waals surface area (Å²) in [6.45, 7) is 5.35. The van der Waals surface area contributed by atoms with Crippen LogP contribution in [0.3, 0.4) is 0 Å². The molecule has 1 aliphatic rings. The van der Waals surface area contributed by atoms with Crippen molar-refractivity contribution in [2.24, 2.45) is 5.92 Å². The highest BCUT2D eigenvalue weighted by molar-refractivity contribution is 5.91. The van der Waals surface area contributed by atoms with Gasteiger partial charge in [-0.05, 0) is 49.4 Å². The SMILES string of the molecule is CCOC(=O)CNC(=O)Nc1cccc(C2OC(CN(C)CCc3ccccn3)C(C)C(c3ccc(CO)cc3)O2)c1. The minimum Gasteiger partial charge on any atom is -0.465 e. The molecule has 42 heavy (non-hydrogen) atoms. The number of likely N-dealkylation sites (N-methyl/N-ethyl adjacent to an activating group) is 1. The number of hydrogen-bond donors (Lipinski definition) is 3. The number of aliphatic hydroxyl groups excluding tert-OH is 1. The predicted octanol–water partition coefficient (Wildman–Crippen LogP) is 4.22. The monoisotopic (exact) mass is 576 g/mol. The lowest BCUT2D eigenvalue weighted by atomic mass is 9.90. The van der Waals surface area contributed by atoms with Crippen molar-refractivity contribution in [2.45, 2.75) is 45.4 Å². The third-order valence-electron chi connectivity index (χ3n) is 7.21. The third kappa shape index (κ3) is 8.83. The van der Waals surface area contributed by atoms with Gasteiger partial charge in [0.05, 0.1) is 25.4 Å². The van der Waals surface area contributed by atoms with Gasteiger partial charge in [0.15, 0.2) is 6.29 Å². The van der Waals surface area contributed by atoms with Crippen LogP contribution < -0.4 is 10.6 Å². The Morgan fingerprint density at radius 2 is 1.86 bits per heavy atom. The Morgan fingerprint density at radius 3 is 2.57 bits per heavy atom. The molecule has 4 unspecified atom stereocenters. The number of aromatic nitrogens is 1. The molecule has 2 aromatic carbocycles. The molecule has 4 rings (SSSR count).